The molecule has 0 unspecified atom stereocenters. The highest BCUT2D eigenvalue weighted by Gasteiger charge is 2.43. The number of rotatable bonds is 3. The summed E-state index contributed by atoms with van der Waals surface area (Å²) in [7, 11) is 0. The molecule has 3 heterocycles. The van der Waals surface area contributed by atoms with Crippen LogP contribution in [0.5, 0.6) is 17.4 Å². The largest absolute Gasteiger partial charge is 0.486 e. The molecule has 2 aliphatic heterocycles. The summed E-state index contributed by atoms with van der Waals surface area (Å²) in [6, 6.07) is 17.7. The molecule has 1 saturated heterocycles. The number of fused-ring (bicyclic) bond motifs is 1. The van der Waals surface area contributed by atoms with Gasteiger partial charge in [-0.25, -0.2) is 4.98 Å². The van der Waals surface area contributed by atoms with E-state index in [0.717, 1.165) is 0 Å². The number of aromatic nitrogens is 1. The zero-order chi connectivity index (χ0) is 22.1. The Labute approximate surface area is 190 Å². The topological polar surface area (TPSA) is 68.7 Å². The van der Waals surface area contributed by atoms with Crippen molar-refractivity contribution in [3.8, 4) is 17.4 Å². The highest BCUT2D eigenvalue weighted by Crippen LogP contribution is 2.39. The highest BCUT2D eigenvalue weighted by atomic mass is 35.5. The smallest absolute Gasteiger partial charge is 0.259 e. The van der Waals surface area contributed by atoms with E-state index in [1.54, 1.807) is 53.6 Å². The van der Waals surface area contributed by atoms with Crippen LogP contribution in [0.1, 0.15) is 40.0 Å². The number of halogens is 1. The molecule has 5 rings (SSSR count). The highest BCUT2D eigenvalue weighted by molar-refractivity contribution is 6.30. The molecule has 2 aromatic carbocycles. The fourth-order valence-corrected chi connectivity index (χ4v) is 4.38. The van der Waals surface area contributed by atoms with E-state index in [2.05, 4.69) is 4.98 Å². The van der Waals surface area contributed by atoms with E-state index in [0.29, 0.717) is 60.0 Å². The maximum Gasteiger partial charge on any atom is 0.259 e. The Morgan fingerprint density at radius 3 is 2.56 bits per heavy atom. The molecule has 32 heavy (non-hydrogen) atoms. The molecule has 0 N–H and O–H groups in total. The lowest BCUT2D eigenvalue weighted by Crippen LogP contribution is -2.52. The van der Waals surface area contributed by atoms with Gasteiger partial charge in [-0.1, -0.05) is 23.7 Å². The quantitative estimate of drug-likeness (QED) is 0.553. The molecule has 3 aromatic rings. The Morgan fingerprint density at radius 1 is 1.03 bits per heavy atom. The monoisotopic (exact) mass is 448 g/mol. The summed E-state index contributed by atoms with van der Waals surface area (Å²) in [6.45, 7) is 0.979. The predicted octanol–water partition coefficient (Wildman–Crippen LogP) is 5.17. The van der Waals surface area contributed by atoms with Gasteiger partial charge in [0.15, 0.2) is 5.78 Å². The van der Waals surface area contributed by atoms with Crippen molar-refractivity contribution in [2.45, 2.75) is 24.9 Å². The van der Waals surface area contributed by atoms with Gasteiger partial charge in [-0.15, -0.1) is 0 Å². The van der Waals surface area contributed by atoms with E-state index in [4.69, 9.17) is 21.1 Å². The van der Waals surface area contributed by atoms with Crippen molar-refractivity contribution in [3.05, 3.63) is 83.0 Å². The average molecular weight is 449 g/mol. The van der Waals surface area contributed by atoms with Gasteiger partial charge >= 0.3 is 0 Å². The van der Waals surface area contributed by atoms with Crippen LogP contribution in [0.3, 0.4) is 0 Å². The van der Waals surface area contributed by atoms with E-state index < -0.39 is 5.60 Å². The van der Waals surface area contributed by atoms with Crippen LogP contribution in [0.2, 0.25) is 5.02 Å². The van der Waals surface area contributed by atoms with Crippen molar-refractivity contribution in [1.82, 2.24) is 9.88 Å². The van der Waals surface area contributed by atoms with Crippen LogP contribution in [0, 0.1) is 0 Å². The molecule has 1 spiro atoms. The first kappa shape index (κ1) is 20.5. The van der Waals surface area contributed by atoms with E-state index in [1.165, 1.54) is 0 Å². The van der Waals surface area contributed by atoms with E-state index in [9.17, 15) is 9.59 Å². The standard InChI is InChI=1S/C25H21ClN2O4/c26-17-7-9-18(10-8-17)31-23-20(5-3-13-27-23)24(30)28-14-11-25(12-15-28)16-21(29)19-4-1-2-6-22(19)32-25/h1-10,13H,11-12,14-16H2. The lowest BCUT2D eigenvalue weighted by atomic mass is 9.82. The van der Waals surface area contributed by atoms with E-state index >= 15 is 0 Å². The number of ketones is 1. The second-order valence-electron chi connectivity index (χ2n) is 8.09. The summed E-state index contributed by atoms with van der Waals surface area (Å²) in [5.74, 6) is 1.37. The third kappa shape index (κ3) is 3.94. The number of piperidine rings is 1. The first-order chi connectivity index (χ1) is 15.5. The van der Waals surface area contributed by atoms with Crippen LogP contribution < -0.4 is 9.47 Å². The van der Waals surface area contributed by atoms with Crippen LogP contribution in [-0.4, -0.2) is 40.3 Å². The molecule has 0 atom stereocenters. The van der Waals surface area contributed by atoms with Gasteiger partial charge in [0.2, 0.25) is 5.88 Å². The fourth-order valence-electron chi connectivity index (χ4n) is 4.26. The number of para-hydroxylation sites is 1. The van der Waals surface area contributed by atoms with Crippen molar-refractivity contribution < 1.29 is 19.1 Å². The molecule has 2 aliphatic rings. The Hall–Kier alpha value is -3.38. The maximum atomic E-state index is 13.3. The summed E-state index contributed by atoms with van der Waals surface area (Å²) in [4.78, 5) is 31.9. The van der Waals surface area contributed by atoms with Crippen molar-refractivity contribution >= 4 is 23.3 Å². The molecule has 1 fully saturated rings. The second-order valence-corrected chi connectivity index (χ2v) is 8.52. The van der Waals surface area contributed by atoms with E-state index in [-0.39, 0.29) is 17.6 Å². The Kier molecular flexibility index (Phi) is 5.31. The lowest BCUT2D eigenvalue weighted by molar-refractivity contribution is -0.00575. The zero-order valence-electron chi connectivity index (χ0n) is 17.3. The average Bonchev–Trinajstić information content (AvgIpc) is 2.81. The van der Waals surface area contributed by atoms with Gasteiger partial charge in [0.25, 0.3) is 5.91 Å². The van der Waals surface area contributed by atoms with Gasteiger partial charge in [-0.2, -0.15) is 0 Å². The minimum atomic E-state index is -0.556. The molecule has 0 bridgehead atoms. The number of pyridine rings is 1. The Bertz CT molecular complexity index is 1170. The summed E-state index contributed by atoms with van der Waals surface area (Å²) in [5.41, 5.74) is 0.472. The summed E-state index contributed by atoms with van der Waals surface area (Å²) in [6.07, 6.45) is 3.11. The van der Waals surface area contributed by atoms with Crippen LogP contribution in [-0.2, 0) is 0 Å². The van der Waals surface area contributed by atoms with Gasteiger partial charge < -0.3 is 14.4 Å². The number of carbonyl (C=O) groups is 2. The number of hydrogen-bond acceptors (Lipinski definition) is 5. The van der Waals surface area contributed by atoms with Crippen LogP contribution in [0.4, 0.5) is 0 Å². The minimum absolute atomic E-state index is 0.0949. The number of nitrogens with zero attached hydrogens (tertiary/aromatic N) is 2. The van der Waals surface area contributed by atoms with Crippen LogP contribution in [0.25, 0.3) is 0 Å². The van der Waals surface area contributed by atoms with Crippen molar-refractivity contribution in [1.29, 1.82) is 0 Å². The van der Waals surface area contributed by atoms with Gasteiger partial charge in [0.1, 0.15) is 22.7 Å². The van der Waals surface area contributed by atoms with Gasteiger partial charge in [0, 0.05) is 37.2 Å². The molecule has 0 saturated carbocycles. The first-order valence-electron chi connectivity index (χ1n) is 10.5. The molecule has 1 aromatic heterocycles. The van der Waals surface area contributed by atoms with Gasteiger partial charge in [-0.3, -0.25) is 9.59 Å². The molecule has 162 valence electrons. The predicted molar refractivity (Wildman–Crippen MR) is 120 cm³/mol. The third-order valence-electron chi connectivity index (χ3n) is 5.99. The summed E-state index contributed by atoms with van der Waals surface area (Å²) in [5, 5.41) is 0.600. The number of hydrogen-bond donors (Lipinski definition) is 0. The SMILES string of the molecule is O=C1CC2(CCN(C(=O)c3cccnc3Oc3ccc(Cl)cc3)CC2)Oc2ccccc21. The maximum absolute atomic E-state index is 13.3. The summed E-state index contributed by atoms with van der Waals surface area (Å²) < 4.78 is 12.1. The Morgan fingerprint density at radius 2 is 1.78 bits per heavy atom. The van der Waals surface area contributed by atoms with E-state index in [1.807, 2.05) is 18.2 Å². The molecule has 1 amide bonds. The third-order valence-corrected chi connectivity index (χ3v) is 6.24. The fraction of sp³-hybridized carbons (Fsp3) is 0.240. The zero-order valence-corrected chi connectivity index (χ0v) is 18.0. The molecule has 6 nitrogen and oxygen atoms in total. The number of carbonyl (C=O) groups excluding carboxylic acids is 2. The van der Waals surface area contributed by atoms with Gasteiger partial charge in [-0.05, 0) is 48.5 Å². The number of ether oxygens (including phenoxy) is 2. The molecule has 0 aliphatic carbocycles. The molecule has 0 radical (unpaired) electrons. The van der Waals surface area contributed by atoms with Crippen LogP contribution >= 0.6 is 11.6 Å². The van der Waals surface area contributed by atoms with Crippen molar-refractivity contribution in [3.63, 3.8) is 0 Å². The minimum Gasteiger partial charge on any atom is -0.486 e. The van der Waals surface area contributed by atoms with Crippen molar-refractivity contribution in [2.75, 3.05) is 13.1 Å². The molecular weight excluding hydrogens is 428 g/mol. The number of Topliss-reactive ketones (excluding diaryl/α,β-unsaturated/α-hetero) is 1. The van der Waals surface area contributed by atoms with Crippen molar-refractivity contribution in [2.24, 2.45) is 0 Å². The summed E-state index contributed by atoms with van der Waals surface area (Å²) >= 11 is 5.93. The number of benzene rings is 2. The van der Waals surface area contributed by atoms with Gasteiger partial charge in [0.05, 0.1) is 12.0 Å². The van der Waals surface area contributed by atoms with Crippen LogP contribution in [0.15, 0.2) is 66.9 Å². The normalized spacial score (nSPS) is 16.9. The second kappa shape index (κ2) is 8.28. The molecular formula is C25H21ClN2O4. The lowest BCUT2D eigenvalue weighted by Gasteiger charge is -2.44. The number of likely N-dealkylation sites (tertiary alicyclic amines) is 1. The first-order valence-corrected chi connectivity index (χ1v) is 10.9. The number of amides is 1. The Balaban J connectivity index is 1.30. The molecule has 7 heteroatoms.